The first-order chi connectivity index (χ1) is 9.10. The molecule has 0 amide bonds. The van der Waals surface area contributed by atoms with Gasteiger partial charge in [-0.3, -0.25) is 0 Å². The van der Waals surface area contributed by atoms with Crippen molar-refractivity contribution < 1.29 is 5.11 Å². The molecule has 1 aromatic heterocycles. The van der Waals surface area contributed by atoms with Crippen LogP contribution in [0.2, 0.25) is 5.15 Å². The van der Waals surface area contributed by atoms with Gasteiger partial charge in [0.25, 0.3) is 0 Å². The minimum Gasteiger partial charge on any atom is -0.396 e. The minimum absolute atomic E-state index is 0.0102. The van der Waals surface area contributed by atoms with Crippen molar-refractivity contribution in [1.29, 1.82) is 0 Å². The lowest BCUT2D eigenvalue weighted by molar-refractivity contribution is 0.142. The molecule has 0 saturated heterocycles. The van der Waals surface area contributed by atoms with Gasteiger partial charge in [0.1, 0.15) is 16.8 Å². The Morgan fingerprint density at radius 3 is 2.58 bits per heavy atom. The third-order valence-electron chi connectivity index (χ3n) is 4.08. The first-order valence-corrected chi connectivity index (χ1v) is 7.36. The van der Waals surface area contributed by atoms with E-state index in [2.05, 4.69) is 15.3 Å². The number of anilines is 1. The third kappa shape index (κ3) is 3.18. The predicted molar refractivity (Wildman–Crippen MR) is 77.6 cm³/mol. The van der Waals surface area contributed by atoms with E-state index in [1.54, 1.807) is 0 Å². The van der Waals surface area contributed by atoms with Gasteiger partial charge >= 0.3 is 0 Å². The van der Waals surface area contributed by atoms with Gasteiger partial charge in [0.05, 0.1) is 6.61 Å². The summed E-state index contributed by atoms with van der Waals surface area (Å²) in [5.41, 5.74) is 0.890. The number of halogens is 1. The van der Waals surface area contributed by atoms with Crippen molar-refractivity contribution in [2.75, 3.05) is 18.5 Å². The summed E-state index contributed by atoms with van der Waals surface area (Å²) in [5.74, 6) is 1.55. The molecule has 1 aromatic rings. The lowest BCUT2D eigenvalue weighted by Crippen LogP contribution is -2.31. The molecule has 2 N–H and O–H groups in total. The highest BCUT2D eigenvalue weighted by molar-refractivity contribution is 6.30. The number of hydrogen-bond acceptors (Lipinski definition) is 4. The molecule has 0 bridgehead atoms. The van der Waals surface area contributed by atoms with Crippen LogP contribution in [-0.2, 0) is 6.42 Å². The summed E-state index contributed by atoms with van der Waals surface area (Å²) in [6.07, 6.45) is 5.32. The molecule has 2 rings (SSSR count). The van der Waals surface area contributed by atoms with E-state index < -0.39 is 0 Å². The lowest BCUT2D eigenvalue weighted by atomic mass is 9.87. The van der Waals surface area contributed by atoms with Crippen LogP contribution in [0.4, 0.5) is 5.82 Å². The number of aliphatic hydroxyl groups is 1. The Hall–Kier alpha value is -0.870. The molecule has 19 heavy (non-hydrogen) atoms. The van der Waals surface area contributed by atoms with Crippen molar-refractivity contribution in [2.45, 2.75) is 46.0 Å². The van der Waals surface area contributed by atoms with Gasteiger partial charge in [0.15, 0.2) is 0 Å². The SMILES string of the molecule is CCc1nc(Cl)c(C)c(NCC2(CO)CCCC2)n1. The molecular formula is C14H22ClN3O. The zero-order chi connectivity index (χ0) is 13.9. The van der Waals surface area contributed by atoms with E-state index in [-0.39, 0.29) is 12.0 Å². The van der Waals surface area contributed by atoms with Crippen LogP contribution in [0.1, 0.15) is 44.0 Å². The van der Waals surface area contributed by atoms with Gasteiger partial charge in [-0.25, -0.2) is 9.97 Å². The zero-order valence-electron chi connectivity index (χ0n) is 11.7. The first kappa shape index (κ1) is 14.5. The second kappa shape index (κ2) is 6.06. The van der Waals surface area contributed by atoms with Gasteiger partial charge in [-0.2, -0.15) is 0 Å². The maximum Gasteiger partial charge on any atom is 0.137 e. The summed E-state index contributed by atoms with van der Waals surface area (Å²) >= 11 is 6.12. The molecule has 0 radical (unpaired) electrons. The van der Waals surface area contributed by atoms with Crippen LogP contribution >= 0.6 is 11.6 Å². The molecule has 0 aromatic carbocycles. The molecule has 4 nitrogen and oxygen atoms in total. The molecular weight excluding hydrogens is 262 g/mol. The van der Waals surface area contributed by atoms with Crippen LogP contribution in [0.5, 0.6) is 0 Å². The van der Waals surface area contributed by atoms with E-state index in [1.807, 2.05) is 13.8 Å². The summed E-state index contributed by atoms with van der Waals surface area (Å²) in [6.45, 7) is 4.92. The number of nitrogens with zero attached hydrogens (tertiary/aromatic N) is 2. The Bertz CT molecular complexity index is 445. The van der Waals surface area contributed by atoms with Gasteiger partial charge in [-0.1, -0.05) is 31.4 Å². The van der Waals surface area contributed by atoms with E-state index in [0.29, 0.717) is 5.15 Å². The van der Waals surface area contributed by atoms with Crippen LogP contribution in [0.25, 0.3) is 0 Å². The van der Waals surface area contributed by atoms with Crippen molar-refractivity contribution in [3.8, 4) is 0 Å². The van der Waals surface area contributed by atoms with Gasteiger partial charge in [-0.15, -0.1) is 0 Å². The molecule has 0 aliphatic heterocycles. The van der Waals surface area contributed by atoms with Crippen LogP contribution in [-0.4, -0.2) is 28.2 Å². The van der Waals surface area contributed by atoms with E-state index in [1.165, 1.54) is 12.8 Å². The van der Waals surface area contributed by atoms with Crippen molar-refractivity contribution in [1.82, 2.24) is 9.97 Å². The molecule has 1 aliphatic rings. The molecule has 1 heterocycles. The summed E-state index contributed by atoms with van der Waals surface area (Å²) in [5, 5.41) is 13.5. The number of rotatable bonds is 5. The Morgan fingerprint density at radius 1 is 1.32 bits per heavy atom. The fourth-order valence-corrected chi connectivity index (χ4v) is 2.84. The highest BCUT2D eigenvalue weighted by Gasteiger charge is 2.33. The molecule has 1 aliphatic carbocycles. The Morgan fingerprint density at radius 2 is 2.00 bits per heavy atom. The number of hydrogen-bond donors (Lipinski definition) is 2. The second-order valence-electron chi connectivity index (χ2n) is 5.48. The molecule has 5 heteroatoms. The van der Waals surface area contributed by atoms with Crippen molar-refractivity contribution in [3.05, 3.63) is 16.5 Å². The van der Waals surface area contributed by atoms with Gasteiger partial charge in [0, 0.05) is 23.9 Å². The smallest absolute Gasteiger partial charge is 0.137 e. The maximum absolute atomic E-state index is 9.62. The summed E-state index contributed by atoms with van der Waals surface area (Å²) in [4.78, 5) is 8.72. The highest BCUT2D eigenvalue weighted by Crippen LogP contribution is 2.37. The van der Waals surface area contributed by atoms with E-state index >= 15 is 0 Å². The van der Waals surface area contributed by atoms with Crippen LogP contribution in [0.3, 0.4) is 0 Å². The first-order valence-electron chi connectivity index (χ1n) is 6.98. The van der Waals surface area contributed by atoms with Crippen LogP contribution in [0.15, 0.2) is 0 Å². The van der Waals surface area contributed by atoms with E-state index in [0.717, 1.165) is 43.0 Å². The van der Waals surface area contributed by atoms with E-state index in [9.17, 15) is 5.11 Å². The molecule has 0 unspecified atom stereocenters. The average Bonchev–Trinajstić information content (AvgIpc) is 2.89. The van der Waals surface area contributed by atoms with Crippen LogP contribution in [0, 0.1) is 12.3 Å². The molecule has 0 spiro atoms. The van der Waals surface area contributed by atoms with Crippen molar-refractivity contribution >= 4 is 17.4 Å². The summed E-state index contributed by atoms with van der Waals surface area (Å²) < 4.78 is 0. The monoisotopic (exact) mass is 283 g/mol. The lowest BCUT2D eigenvalue weighted by Gasteiger charge is -2.27. The average molecular weight is 284 g/mol. The normalized spacial score (nSPS) is 17.7. The quantitative estimate of drug-likeness (QED) is 0.816. The largest absolute Gasteiger partial charge is 0.396 e. The van der Waals surface area contributed by atoms with Crippen molar-refractivity contribution in [2.24, 2.45) is 5.41 Å². The minimum atomic E-state index is 0.0102. The third-order valence-corrected chi connectivity index (χ3v) is 4.45. The Balaban J connectivity index is 2.12. The maximum atomic E-state index is 9.62. The number of aryl methyl sites for hydroxylation is 1. The summed E-state index contributed by atoms with van der Waals surface area (Å²) in [6, 6.07) is 0. The van der Waals surface area contributed by atoms with E-state index in [4.69, 9.17) is 11.6 Å². The predicted octanol–water partition coefficient (Wildman–Crippen LogP) is 2.97. The Labute approximate surface area is 119 Å². The molecule has 1 fully saturated rings. The van der Waals surface area contributed by atoms with Crippen LogP contribution < -0.4 is 5.32 Å². The number of aromatic nitrogens is 2. The fourth-order valence-electron chi connectivity index (χ4n) is 2.65. The zero-order valence-corrected chi connectivity index (χ0v) is 12.4. The fraction of sp³-hybridized carbons (Fsp3) is 0.714. The van der Waals surface area contributed by atoms with Gasteiger partial charge in [0.2, 0.25) is 0 Å². The Kier molecular flexibility index (Phi) is 4.63. The highest BCUT2D eigenvalue weighted by atomic mass is 35.5. The number of aliphatic hydroxyl groups excluding tert-OH is 1. The second-order valence-corrected chi connectivity index (χ2v) is 5.83. The molecule has 106 valence electrons. The standard InChI is InChI=1S/C14H22ClN3O/c1-3-11-17-12(15)10(2)13(18-11)16-8-14(9-19)6-4-5-7-14/h19H,3-9H2,1-2H3,(H,16,17,18). The van der Waals surface area contributed by atoms with Gasteiger partial charge in [-0.05, 0) is 19.8 Å². The topological polar surface area (TPSA) is 58.0 Å². The molecule has 0 atom stereocenters. The number of nitrogens with one attached hydrogen (secondary N) is 1. The summed E-state index contributed by atoms with van der Waals surface area (Å²) in [7, 11) is 0. The molecule has 1 saturated carbocycles. The van der Waals surface area contributed by atoms with Crippen molar-refractivity contribution in [3.63, 3.8) is 0 Å². The van der Waals surface area contributed by atoms with Gasteiger partial charge < -0.3 is 10.4 Å².